The van der Waals surface area contributed by atoms with Crippen molar-refractivity contribution in [1.82, 2.24) is 14.9 Å². The van der Waals surface area contributed by atoms with Crippen molar-refractivity contribution < 1.29 is 4.79 Å². The second kappa shape index (κ2) is 5.77. The van der Waals surface area contributed by atoms with Gasteiger partial charge in [0.25, 0.3) is 0 Å². The van der Waals surface area contributed by atoms with E-state index in [1.54, 1.807) is 6.20 Å². The van der Waals surface area contributed by atoms with E-state index >= 15 is 0 Å². The predicted octanol–water partition coefficient (Wildman–Crippen LogP) is 1.62. The van der Waals surface area contributed by atoms with Crippen molar-refractivity contribution >= 4 is 11.9 Å². The zero-order valence-corrected chi connectivity index (χ0v) is 12.1. The van der Waals surface area contributed by atoms with E-state index in [9.17, 15) is 4.79 Å². The lowest BCUT2D eigenvalue weighted by Crippen LogP contribution is -2.42. The third-order valence-electron chi connectivity index (χ3n) is 4.33. The van der Waals surface area contributed by atoms with Crippen LogP contribution >= 0.6 is 0 Å². The van der Waals surface area contributed by atoms with Crippen LogP contribution < -0.4 is 4.90 Å². The fourth-order valence-electron chi connectivity index (χ4n) is 3.11. The normalized spacial score (nSPS) is 20.4. The Bertz CT molecular complexity index is 477. The van der Waals surface area contributed by atoms with E-state index in [-0.39, 0.29) is 5.92 Å². The van der Waals surface area contributed by atoms with Gasteiger partial charge in [-0.3, -0.25) is 4.79 Å². The summed E-state index contributed by atoms with van der Waals surface area (Å²) in [5.74, 6) is 1.37. The first-order chi connectivity index (χ1) is 9.74. The molecule has 2 aliphatic rings. The molecule has 0 radical (unpaired) electrons. The monoisotopic (exact) mass is 274 g/mol. The van der Waals surface area contributed by atoms with Gasteiger partial charge in [0.15, 0.2) is 0 Å². The Morgan fingerprint density at radius 1 is 1.20 bits per heavy atom. The second-order valence-electron chi connectivity index (χ2n) is 5.79. The number of nitrogens with zero attached hydrogens (tertiary/aromatic N) is 4. The van der Waals surface area contributed by atoms with Crippen LogP contribution in [0.1, 0.15) is 31.4 Å². The summed E-state index contributed by atoms with van der Waals surface area (Å²) in [7, 11) is 0. The van der Waals surface area contributed by atoms with Gasteiger partial charge in [0.05, 0.1) is 0 Å². The molecule has 2 saturated heterocycles. The zero-order chi connectivity index (χ0) is 13.9. The van der Waals surface area contributed by atoms with Crippen molar-refractivity contribution in [2.24, 2.45) is 5.92 Å². The van der Waals surface area contributed by atoms with E-state index in [1.807, 2.05) is 17.9 Å². The molecule has 0 unspecified atom stereocenters. The summed E-state index contributed by atoms with van der Waals surface area (Å²) in [6.07, 6.45) is 5.99. The maximum absolute atomic E-state index is 12.4. The highest BCUT2D eigenvalue weighted by molar-refractivity contribution is 5.79. The van der Waals surface area contributed by atoms with Gasteiger partial charge in [-0.05, 0) is 38.7 Å². The predicted molar refractivity (Wildman–Crippen MR) is 77.5 cm³/mol. The first kappa shape index (κ1) is 13.3. The molecule has 0 atom stereocenters. The number of aryl methyl sites for hydroxylation is 1. The molecule has 1 aromatic rings. The van der Waals surface area contributed by atoms with Crippen LogP contribution in [-0.2, 0) is 4.79 Å². The lowest BCUT2D eigenvalue weighted by atomic mass is 9.95. The number of hydrogen-bond acceptors (Lipinski definition) is 4. The molecule has 2 fully saturated rings. The number of carbonyl (C=O) groups excluding carboxylic acids is 1. The maximum Gasteiger partial charge on any atom is 0.225 e. The minimum atomic E-state index is 0.203. The Morgan fingerprint density at radius 2 is 1.90 bits per heavy atom. The SMILES string of the molecule is Cc1ccnc(N2CCC(C(=O)N3CCCC3)CC2)n1. The smallest absolute Gasteiger partial charge is 0.225 e. The Kier molecular flexibility index (Phi) is 3.85. The van der Waals surface area contributed by atoms with Crippen molar-refractivity contribution in [3.8, 4) is 0 Å². The summed E-state index contributed by atoms with van der Waals surface area (Å²) in [6, 6.07) is 1.91. The van der Waals surface area contributed by atoms with Gasteiger partial charge in [-0.15, -0.1) is 0 Å². The third-order valence-corrected chi connectivity index (χ3v) is 4.33. The number of piperidine rings is 1. The van der Waals surface area contributed by atoms with Crippen LogP contribution in [0.4, 0.5) is 5.95 Å². The van der Waals surface area contributed by atoms with Crippen LogP contribution in [0.5, 0.6) is 0 Å². The van der Waals surface area contributed by atoms with E-state index in [0.717, 1.165) is 50.7 Å². The van der Waals surface area contributed by atoms with Crippen LogP contribution in [0.3, 0.4) is 0 Å². The van der Waals surface area contributed by atoms with Gasteiger partial charge >= 0.3 is 0 Å². The van der Waals surface area contributed by atoms with Crippen molar-refractivity contribution in [3.63, 3.8) is 0 Å². The number of rotatable bonds is 2. The molecule has 3 rings (SSSR count). The summed E-state index contributed by atoms with van der Waals surface area (Å²) in [5.41, 5.74) is 0.991. The van der Waals surface area contributed by atoms with Gasteiger partial charge < -0.3 is 9.80 Å². The molecule has 0 aliphatic carbocycles. The van der Waals surface area contributed by atoms with Gasteiger partial charge in [-0.1, -0.05) is 0 Å². The standard InChI is InChI=1S/C15H22N4O/c1-12-4-7-16-15(17-12)19-10-5-13(6-11-19)14(20)18-8-2-3-9-18/h4,7,13H,2-3,5-6,8-11H2,1H3. The van der Waals surface area contributed by atoms with Crippen LogP contribution in [-0.4, -0.2) is 47.0 Å². The molecular formula is C15H22N4O. The highest BCUT2D eigenvalue weighted by Gasteiger charge is 2.30. The fraction of sp³-hybridized carbons (Fsp3) is 0.667. The number of aromatic nitrogens is 2. The Labute approximate surface area is 120 Å². The van der Waals surface area contributed by atoms with Gasteiger partial charge in [-0.25, -0.2) is 9.97 Å². The first-order valence-electron chi connectivity index (χ1n) is 7.57. The lowest BCUT2D eigenvalue weighted by molar-refractivity contribution is -0.135. The maximum atomic E-state index is 12.4. The van der Waals surface area contributed by atoms with E-state index < -0.39 is 0 Å². The topological polar surface area (TPSA) is 49.3 Å². The molecule has 5 heteroatoms. The van der Waals surface area contributed by atoms with Gasteiger partial charge in [0.1, 0.15) is 0 Å². The quantitative estimate of drug-likeness (QED) is 0.822. The Hall–Kier alpha value is -1.65. The van der Waals surface area contributed by atoms with Gasteiger partial charge in [0, 0.05) is 44.0 Å². The van der Waals surface area contributed by atoms with Gasteiger partial charge in [0.2, 0.25) is 11.9 Å². The Balaban J connectivity index is 1.58. The van der Waals surface area contributed by atoms with Crippen molar-refractivity contribution in [3.05, 3.63) is 18.0 Å². The van der Waals surface area contributed by atoms with Crippen molar-refractivity contribution in [2.45, 2.75) is 32.6 Å². The van der Waals surface area contributed by atoms with Gasteiger partial charge in [-0.2, -0.15) is 0 Å². The molecule has 0 aromatic carbocycles. The van der Waals surface area contributed by atoms with Crippen LogP contribution in [0.2, 0.25) is 0 Å². The van der Waals surface area contributed by atoms with Crippen molar-refractivity contribution in [2.75, 3.05) is 31.1 Å². The highest BCUT2D eigenvalue weighted by atomic mass is 16.2. The van der Waals surface area contributed by atoms with Crippen LogP contribution in [0.15, 0.2) is 12.3 Å². The van der Waals surface area contributed by atoms with E-state index in [0.29, 0.717) is 5.91 Å². The molecular weight excluding hydrogens is 252 g/mol. The summed E-state index contributed by atoms with van der Waals surface area (Å²) in [6.45, 7) is 5.66. The fourth-order valence-corrected chi connectivity index (χ4v) is 3.11. The third kappa shape index (κ3) is 2.76. The molecule has 3 heterocycles. The molecule has 108 valence electrons. The van der Waals surface area contributed by atoms with Crippen molar-refractivity contribution in [1.29, 1.82) is 0 Å². The molecule has 1 aromatic heterocycles. The van der Waals surface area contributed by atoms with E-state index in [4.69, 9.17) is 0 Å². The Morgan fingerprint density at radius 3 is 2.55 bits per heavy atom. The number of carbonyl (C=O) groups is 1. The minimum Gasteiger partial charge on any atom is -0.342 e. The number of likely N-dealkylation sites (tertiary alicyclic amines) is 1. The highest BCUT2D eigenvalue weighted by Crippen LogP contribution is 2.24. The largest absolute Gasteiger partial charge is 0.342 e. The summed E-state index contributed by atoms with van der Waals surface area (Å²) in [5, 5.41) is 0. The van der Waals surface area contributed by atoms with Crippen LogP contribution in [0, 0.1) is 12.8 Å². The molecule has 0 spiro atoms. The summed E-state index contributed by atoms with van der Waals surface area (Å²) >= 11 is 0. The molecule has 0 bridgehead atoms. The average Bonchev–Trinajstić information content (AvgIpc) is 3.01. The number of hydrogen-bond donors (Lipinski definition) is 0. The molecule has 0 saturated carbocycles. The molecule has 5 nitrogen and oxygen atoms in total. The average molecular weight is 274 g/mol. The minimum absolute atomic E-state index is 0.203. The first-order valence-corrected chi connectivity index (χ1v) is 7.57. The zero-order valence-electron chi connectivity index (χ0n) is 12.1. The second-order valence-corrected chi connectivity index (χ2v) is 5.79. The number of amides is 1. The summed E-state index contributed by atoms with van der Waals surface area (Å²) < 4.78 is 0. The summed E-state index contributed by atoms with van der Waals surface area (Å²) in [4.78, 5) is 25.4. The lowest BCUT2D eigenvalue weighted by Gasteiger charge is -2.33. The molecule has 2 aliphatic heterocycles. The number of anilines is 1. The molecule has 0 N–H and O–H groups in total. The van der Waals surface area contributed by atoms with Crippen LogP contribution in [0.25, 0.3) is 0 Å². The molecule has 1 amide bonds. The van der Waals surface area contributed by atoms with E-state index in [1.165, 1.54) is 12.8 Å². The van der Waals surface area contributed by atoms with E-state index in [2.05, 4.69) is 14.9 Å². The molecule has 20 heavy (non-hydrogen) atoms.